The molecule has 7 heteroatoms. The van der Waals surface area contributed by atoms with Crippen LogP contribution in [0, 0.1) is 5.82 Å². The van der Waals surface area contributed by atoms with E-state index in [9.17, 15) is 13.2 Å². The van der Waals surface area contributed by atoms with Crippen molar-refractivity contribution >= 4 is 0 Å². The van der Waals surface area contributed by atoms with Gasteiger partial charge in [-0.3, -0.25) is 4.57 Å². The summed E-state index contributed by atoms with van der Waals surface area (Å²) < 4.78 is 44.6. The molecule has 1 unspecified atom stereocenters. The van der Waals surface area contributed by atoms with Crippen molar-refractivity contribution < 1.29 is 17.9 Å². The monoisotopic (exact) mass is 285 g/mol. The lowest BCUT2D eigenvalue weighted by Crippen LogP contribution is -2.11. The zero-order chi connectivity index (χ0) is 14.7. The van der Waals surface area contributed by atoms with Gasteiger partial charge in [0.05, 0.1) is 0 Å². The van der Waals surface area contributed by atoms with Gasteiger partial charge in [-0.2, -0.15) is 8.78 Å². The number of imidazole rings is 1. The molecule has 2 aromatic rings. The maximum atomic E-state index is 13.2. The van der Waals surface area contributed by atoms with Gasteiger partial charge >= 0.3 is 6.55 Å². The average molecular weight is 285 g/mol. The minimum Gasteiger partial charge on any atom is -0.485 e. The van der Waals surface area contributed by atoms with E-state index < -0.39 is 18.4 Å². The Kier molecular flexibility index (Phi) is 4.29. The summed E-state index contributed by atoms with van der Waals surface area (Å²) in [5.74, 6) is 0.00361. The maximum Gasteiger partial charge on any atom is 0.320 e. The highest BCUT2D eigenvalue weighted by atomic mass is 19.3. The number of rotatable bonds is 5. The summed E-state index contributed by atoms with van der Waals surface area (Å²) in [4.78, 5) is 3.80. The van der Waals surface area contributed by atoms with Crippen LogP contribution in [-0.2, 0) is 6.61 Å². The Morgan fingerprint density at radius 3 is 2.80 bits per heavy atom. The van der Waals surface area contributed by atoms with Crippen molar-refractivity contribution in [2.75, 3.05) is 0 Å². The Morgan fingerprint density at radius 1 is 1.40 bits per heavy atom. The van der Waals surface area contributed by atoms with Crippen molar-refractivity contribution in [3.05, 3.63) is 47.8 Å². The normalized spacial score (nSPS) is 12.7. The van der Waals surface area contributed by atoms with Gasteiger partial charge in [-0.1, -0.05) is 0 Å². The number of nitrogens with two attached hydrogens (primary N) is 1. The molecule has 0 saturated carbocycles. The number of ether oxygens (including phenoxy) is 1. The van der Waals surface area contributed by atoms with Crippen LogP contribution in [0.15, 0.2) is 30.6 Å². The summed E-state index contributed by atoms with van der Waals surface area (Å²) in [5.41, 5.74) is 6.20. The van der Waals surface area contributed by atoms with Gasteiger partial charge in [-0.25, -0.2) is 9.37 Å². The lowest BCUT2D eigenvalue weighted by atomic mass is 10.1. The molecule has 4 nitrogen and oxygen atoms in total. The van der Waals surface area contributed by atoms with Crippen LogP contribution >= 0.6 is 0 Å². The molecule has 108 valence electrons. The van der Waals surface area contributed by atoms with E-state index in [1.807, 2.05) is 0 Å². The Balaban J connectivity index is 2.17. The smallest absolute Gasteiger partial charge is 0.320 e. The van der Waals surface area contributed by atoms with Gasteiger partial charge in [0, 0.05) is 24.0 Å². The SMILES string of the molecule is CC(N)c1cc(F)ccc1OCc1nccn1C(F)F. The summed E-state index contributed by atoms with van der Waals surface area (Å²) in [5, 5.41) is 0. The van der Waals surface area contributed by atoms with Crippen LogP contribution in [0.3, 0.4) is 0 Å². The molecule has 2 N–H and O–H groups in total. The molecule has 2 rings (SSSR count). The molecular weight excluding hydrogens is 271 g/mol. The summed E-state index contributed by atoms with van der Waals surface area (Å²) in [6.07, 6.45) is 2.43. The second-order valence-electron chi connectivity index (χ2n) is 4.29. The number of nitrogens with zero attached hydrogens (tertiary/aromatic N) is 2. The highest BCUT2D eigenvalue weighted by Gasteiger charge is 2.14. The third-order valence-electron chi connectivity index (χ3n) is 2.78. The molecule has 0 aliphatic rings. The van der Waals surface area contributed by atoms with E-state index in [0.717, 1.165) is 0 Å². The molecule has 0 aliphatic heterocycles. The number of hydrogen-bond acceptors (Lipinski definition) is 3. The predicted molar refractivity (Wildman–Crippen MR) is 66.8 cm³/mol. The zero-order valence-corrected chi connectivity index (χ0v) is 10.8. The van der Waals surface area contributed by atoms with Gasteiger partial charge < -0.3 is 10.5 Å². The van der Waals surface area contributed by atoms with Crippen molar-refractivity contribution in [1.29, 1.82) is 0 Å². The molecule has 1 atom stereocenters. The number of alkyl halides is 2. The van der Waals surface area contributed by atoms with E-state index in [4.69, 9.17) is 10.5 Å². The van der Waals surface area contributed by atoms with Gasteiger partial charge in [-0.15, -0.1) is 0 Å². The summed E-state index contributed by atoms with van der Waals surface area (Å²) >= 11 is 0. The van der Waals surface area contributed by atoms with Crippen LogP contribution in [-0.4, -0.2) is 9.55 Å². The van der Waals surface area contributed by atoms with E-state index in [1.165, 1.54) is 30.6 Å². The van der Waals surface area contributed by atoms with Crippen molar-refractivity contribution in [2.45, 2.75) is 26.1 Å². The van der Waals surface area contributed by atoms with E-state index >= 15 is 0 Å². The van der Waals surface area contributed by atoms with E-state index in [1.54, 1.807) is 6.92 Å². The molecule has 1 aromatic carbocycles. The number of hydrogen-bond donors (Lipinski definition) is 1. The van der Waals surface area contributed by atoms with Gasteiger partial charge in [0.25, 0.3) is 0 Å². The molecule has 0 fully saturated rings. The summed E-state index contributed by atoms with van der Waals surface area (Å²) in [6, 6.07) is 3.47. The van der Waals surface area contributed by atoms with E-state index in [-0.39, 0.29) is 12.4 Å². The largest absolute Gasteiger partial charge is 0.485 e. The Labute approximate surface area is 114 Å². The first-order valence-corrected chi connectivity index (χ1v) is 5.96. The van der Waals surface area contributed by atoms with Crippen LogP contribution < -0.4 is 10.5 Å². The highest BCUT2D eigenvalue weighted by Crippen LogP contribution is 2.25. The van der Waals surface area contributed by atoms with Gasteiger partial charge in [0.15, 0.2) is 5.82 Å². The number of benzene rings is 1. The third kappa shape index (κ3) is 3.11. The summed E-state index contributed by atoms with van der Waals surface area (Å²) in [7, 11) is 0. The molecular formula is C13H14F3N3O. The molecule has 0 spiro atoms. The number of halogens is 3. The predicted octanol–water partition coefficient (Wildman–Crippen LogP) is 3.02. The first-order valence-electron chi connectivity index (χ1n) is 5.96. The van der Waals surface area contributed by atoms with Crippen LogP contribution in [0.25, 0.3) is 0 Å². The minimum atomic E-state index is -2.68. The van der Waals surface area contributed by atoms with Crippen LogP contribution in [0.4, 0.5) is 13.2 Å². The molecule has 20 heavy (non-hydrogen) atoms. The fourth-order valence-electron chi connectivity index (χ4n) is 1.78. The molecule has 0 saturated heterocycles. The fourth-order valence-corrected chi connectivity index (χ4v) is 1.78. The van der Waals surface area contributed by atoms with E-state index in [2.05, 4.69) is 4.98 Å². The lowest BCUT2D eigenvalue weighted by molar-refractivity contribution is 0.0632. The molecule has 0 amide bonds. The third-order valence-corrected chi connectivity index (χ3v) is 2.78. The van der Waals surface area contributed by atoms with Crippen LogP contribution in [0.2, 0.25) is 0 Å². The summed E-state index contributed by atoms with van der Waals surface area (Å²) in [6.45, 7) is -1.15. The Bertz CT molecular complexity index is 584. The standard InChI is InChI=1S/C13H14F3N3O/c1-8(17)10-6-9(14)2-3-11(10)20-7-12-18-4-5-19(12)13(15)16/h2-6,8,13H,7,17H2,1H3. The minimum absolute atomic E-state index is 0.0833. The van der Waals surface area contributed by atoms with Crippen molar-refractivity contribution in [2.24, 2.45) is 5.73 Å². The van der Waals surface area contributed by atoms with Crippen molar-refractivity contribution in [3.63, 3.8) is 0 Å². The molecule has 0 radical (unpaired) electrons. The number of aromatic nitrogens is 2. The molecule has 1 heterocycles. The van der Waals surface area contributed by atoms with Crippen molar-refractivity contribution in [1.82, 2.24) is 9.55 Å². The molecule has 0 aliphatic carbocycles. The zero-order valence-electron chi connectivity index (χ0n) is 10.8. The van der Waals surface area contributed by atoms with Crippen molar-refractivity contribution in [3.8, 4) is 5.75 Å². The molecule has 1 aromatic heterocycles. The first kappa shape index (κ1) is 14.4. The maximum absolute atomic E-state index is 13.2. The van der Waals surface area contributed by atoms with Gasteiger partial charge in [0.2, 0.25) is 0 Å². The second-order valence-corrected chi connectivity index (χ2v) is 4.29. The first-order chi connectivity index (χ1) is 9.49. The lowest BCUT2D eigenvalue weighted by Gasteiger charge is -2.14. The van der Waals surface area contributed by atoms with E-state index in [0.29, 0.717) is 15.9 Å². The molecule has 0 bridgehead atoms. The average Bonchev–Trinajstić information content (AvgIpc) is 2.85. The Morgan fingerprint density at radius 2 is 2.15 bits per heavy atom. The fraction of sp³-hybridized carbons (Fsp3) is 0.308. The quantitative estimate of drug-likeness (QED) is 0.918. The van der Waals surface area contributed by atoms with Gasteiger partial charge in [-0.05, 0) is 25.1 Å². The van der Waals surface area contributed by atoms with Gasteiger partial charge in [0.1, 0.15) is 18.2 Å². The van der Waals surface area contributed by atoms with Crippen LogP contribution in [0.1, 0.15) is 30.9 Å². The Hall–Kier alpha value is -2.02. The van der Waals surface area contributed by atoms with Crippen LogP contribution in [0.5, 0.6) is 5.75 Å². The second kappa shape index (κ2) is 5.96. The topological polar surface area (TPSA) is 53.1 Å². The highest BCUT2D eigenvalue weighted by molar-refractivity contribution is 5.36.